The molecule has 0 bridgehead atoms. The molecule has 1 amide bonds. The molecule has 0 radical (unpaired) electrons. The summed E-state index contributed by atoms with van der Waals surface area (Å²) >= 11 is 0. The normalized spacial score (nSPS) is 15.9. The van der Waals surface area contributed by atoms with Crippen LogP contribution >= 0.6 is 0 Å². The third-order valence-electron chi connectivity index (χ3n) is 4.03. The molecule has 2 aromatic carbocycles. The molecule has 5 heteroatoms. The Morgan fingerprint density at radius 2 is 1.96 bits per heavy atom. The predicted octanol–water partition coefficient (Wildman–Crippen LogP) is 2.41. The van der Waals surface area contributed by atoms with E-state index in [9.17, 15) is 4.79 Å². The molecule has 3 rings (SSSR count). The number of fused-ring (bicyclic) bond motifs is 1. The van der Waals surface area contributed by atoms with Gasteiger partial charge >= 0.3 is 0 Å². The third-order valence-corrected chi connectivity index (χ3v) is 4.03. The molecule has 0 N–H and O–H groups in total. The zero-order valence-corrected chi connectivity index (χ0v) is 13.8. The molecule has 0 fully saturated rings. The van der Waals surface area contributed by atoms with Gasteiger partial charge in [-0.15, -0.1) is 0 Å². The summed E-state index contributed by atoms with van der Waals surface area (Å²) in [5.74, 6) is 0.673. The van der Waals surface area contributed by atoms with E-state index in [0.29, 0.717) is 18.7 Å². The van der Waals surface area contributed by atoms with E-state index in [0.717, 1.165) is 17.0 Å². The van der Waals surface area contributed by atoms with E-state index in [-0.39, 0.29) is 5.91 Å². The Hall–Kier alpha value is -3.00. The van der Waals surface area contributed by atoms with Crippen LogP contribution in [0.1, 0.15) is 11.1 Å². The zero-order chi connectivity index (χ0) is 17.1. The number of rotatable bonds is 3. The van der Waals surface area contributed by atoms with Crippen LogP contribution in [0.15, 0.2) is 48.5 Å². The molecule has 1 heterocycles. The summed E-state index contributed by atoms with van der Waals surface area (Å²) in [4.78, 5) is 16.0. The van der Waals surface area contributed by atoms with Gasteiger partial charge in [0.2, 0.25) is 0 Å². The minimum atomic E-state index is -0.520. The Bertz CT molecular complexity index is 778. The van der Waals surface area contributed by atoms with E-state index in [1.807, 2.05) is 48.5 Å². The average Bonchev–Trinajstić information content (AvgIpc) is 2.61. The van der Waals surface area contributed by atoms with Crippen molar-refractivity contribution in [1.82, 2.24) is 4.90 Å². The number of ether oxygens (including phenoxy) is 1. The number of carbonyl (C=O) groups is 1. The van der Waals surface area contributed by atoms with Crippen LogP contribution in [0.4, 0.5) is 5.69 Å². The molecule has 5 nitrogen and oxygen atoms in total. The second-order valence-corrected chi connectivity index (χ2v) is 6.00. The second-order valence-electron chi connectivity index (χ2n) is 6.00. The van der Waals surface area contributed by atoms with Gasteiger partial charge in [-0.2, -0.15) is 5.26 Å². The molecule has 1 aliphatic heterocycles. The highest BCUT2D eigenvalue weighted by Gasteiger charge is 2.31. The first-order valence-electron chi connectivity index (χ1n) is 7.79. The van der Waals surface area contributed by atoms with Gasteiger partial charge in [0.05, 0.1) is 23.9 Å². The lowest BCUT2D eigenvalue weighted by Crippen LogP contribution is -2.48. The van der Waals surface area contributed by atoms with Crippen LogP contribution in [0.2, 0.25) is 0 Å². The number of hydrogen-bond acceptors (Lipinski definition) is 4. The third kappa shape index (κ3) is 3.18. The first-order chi connectivity index (χ1) is 11.6. The fourth-order valence-corrected chi connectivity index (χ4v) is 2.78. The van der Waals surface area contributed by atoms with Crippen molar-refractivity contribution in [1.29, 1.82) is 5.26 Å². The molecule has 1 aliphatic rings. The van der Waals surface area contributed by atoms with Crippen LogP contribution in [0, 0.1) is 11.3 Å². The summed E-state index contributed by atoms with van der Waals surface area (Å²) in [6, 6.07) is 17.4. The van der Waals surface area contributed by atoms with Crippen molar-refractivity contribution in [3.05, 3.63) is 59.7 Å². The summed E-state index contributed by atoms with van der Waals surface area (Å²) in [6.45, 7) is 1.15. The minimum Gasteiger partial charge on any atom is -0.477 e. The van der Waals surface area contributed by atoms with E-state index in [1.54, 1.807) is 19.0 Å². The number of para-hydroxylation sites is 2. The smallest absolute Gasteiger partial charge is 0.265 e. The van der Waals surface area contributed by atoms with E-state index >= 15 is 0 Å². The molecule has 0 spiro atoms. The van der Waals surface area contributed by atoms with Gasteiger partial charge in [-0.1, -0.05) is 24.3 Å². The maximum atomic E-state index is 12.3. The van der Waals surface area contributed by atoms with Crippen LogP contribution in [-0.4, -0.2) is 37.6 Å². The predicted molar refractivity (Wildman–Crippen MR) is 91.8 cm³/mol. The van der Waals surface area contributed by atoms with Crippen LogP contribution in [0.5, 0.6) is 5.75 Å². The van der Waals surface area contributed by atoms with Gasteiger partial charge in [-0.3, -0.25) is 4.79 Å². The summed E-state index contributed by atoms with van der Waals surface area (Å²) in [7, 11) is 3.47. The number of nitriles is 1. The van der Waals surface area contributed by atoms with Crippen LogP contribution in [0.3, 0.4) is 0 Å². The largest absolute Gasteiger partial charge is 0.477 e. The maximum Gasteiger partial charge on any atom is 0.265 e. The summed E-state index contributed by atoms with van der Waals surface area (Å²) in [5.41, 5.74) is 2.70. The molecule has 0 saturated heterocycles. The van der Waals surface area contributed by atoms with Crippen molar-refractivity contribution in [3.8, 4) is 11.8 Å². The summed E-state index contributed by atoms with van der Waals surface area (Å²) < 4.78 is 5.88. The molecule has 2 aromatic rings. The summed E-state index contributed by atoms with van der Waals surface area (Å²) in [5, 5.41) is 8.91. The van der Waals surface area contributed by atoms with Crippen molar-refractivity contribution >= 4 is 11.6 Å². The average molecular weight is 321 g/mol. The quantitative estimate of drug-likeness (QED) is 0.871. The number of carbonyl (C=O) groups excluding carboxylic acids is 1. The standard InChI is InChI=1S/C19H19N3O2/c1-21(2)19(23)18-13-22(16-5-3-4-6-17(16)24-18)12-15-9-7-14(11-20)8-10-15/h3-10,18H,12-13H2,1-2H3/t18-/m0/s1. The monoisotopic (exact) mass is 321 g/mol. The van der Waals surface area contributed by atoms with Gasteiger partial charge in [-0.05, 0) is 29.8 Å². The Morgan fingerprint density at radius 3 is 2.62 bits per heavy atom. The first kappa shape index (κ1) is 15.9. The number of benzene rings is 2. The van der Waals surface area contributed by atoms with E-state index in [4.69, 9.17) is 10.00 Å². The molecule has 1 atom stereocenters. The fraction of sp³-hybridized carbons (Fsp3) is 0.263. The number of likely N-dealkylation sites (N-methyl/N-ethyl adjacent to an activating group) is 1. The van der Waals surface area contributed by atoms with Crippen LogP contribution in [0.25, 0.3) is 0 Å². The Labute approximate surface area is 141 Å². The van der Waals surface area contributed by atoms with Gasteiger partial charge in [0.15, 0.2) is 6.10 Å². The molecule has 122 valence electrons. The first-order valence-corrected chi connectivity index (χ1v) is 7.79. The zero-order valence-electron chi connectivity index (χ0n) is 13.8. The van der Waals surface area contributed by atoms with Gasteiger partial charge < -0.3 is 14.5 Å². The van der Waals surface area contributed by atoms with E-state index in [2.05, 4.69) is 11.0 Å². The number of hydrogen-bond donors (Lipinski definition) is 0. The van der Waals surface area contributed by atoms with Gasteiger partial charge in [0.1, 0.15) is 5.75 Å². The van der Waals surface area contributed by atoms with Crippen molar-refractivity contribution in [2.45, 2.75) is 12.6 Å². The molecule has 0 unspecified atom stereocenters. The molecular formula is C19H19N3O2. The Balaban J connectivity index is 1.87. The highest BCUT2D eigenvalue weighted by Crippen LogP contribution is 2.34. The SMILES string of the molecule is CN(C)C(=O)[C@@H]1CN(Cc2ccc(C#N)cc2)c2ccccc2O1. The Morgan fingerprint density at radius 1 is 1.25 bits per heavy atom. The molecule has 24 heavy (non-hydrogen) atoms. The number of nitrogens with zero attached hydrogens (tertiary/aromatic N) is 3. The van der Waals surface area contributed by atoms with Crippen molar-refractivity contribution in [3.63, 3.8) is 0 Å². The molecular weight excluding hydrogens is 302 g/mol. The highest BCUT2D eigenvalue weighted by molar-refractivity contribution is 5.83. The molecule has 0 aromatic heterocycles. The van der Waals surface area contributed by atoms with Gasteiger partial charge in [0.25, 0.3) is 5.91 Å². The highest BCUT2D eigenvalue weighted by atomic mass is 16.5. The second kappa shape index (κ2) is 6.63. The molecule has 0 saturated carbocycles. The topological polar surface area (TPSA) is 56.6 Å². The fourth-order valence-electron chi connectivity index (χ4n) is 2.78. The van der Waals surface area contributed by atoms with Crippen LogP contribution < -0.4 is 9.64 Å². The van der Waals surface area contributed by atoms with Crippen molar-refractivity contribution in [2.24, 2.45) is 0 Å². The number of amides is 1. The molecule has 0 aliphatic carbocycles. The Kier molecular flexibility index (Phi) is 4.39. The van der Waals surface area contributed by atoms with Gasteiger partial charge in [-0.25, -0.2) is 0 Å². The lowest BCUT2D eigenvalue weighted by molar-refractivity contribution is -0.136. The lowest BCUT2D eigenvalue weighted by Gasteiger charge is -2.36. The maximum absolute atomic E-state index is 12.3. The lowest BCUT2D eigenvalue weighted by atomic mass is 10.1. The van der Waals surface area contributed by atoms with Crippen molar-refractivity contribution in [2.75, 3.05) is 25.5 Å². The summed E-state index contributed by atoms with van der Waals surface area (Å²) in [6.07, 6.45) is -0.520. The van der Waals surface area contributed by atoms with Crippen LogP contribution in [-0.2, 0) is 11.3 Å². The number of anilines is 1. The van der Waals surface area contributed by atoms with E-state index in [1.165, 1.54) is 0 Å². The minimum absolute atomic E-state index is 0.0469. The van der Waals surface area contributed by atoms with Crippen molar-refractivity contribution < 1.29 is 9.53 Å². The van der Waals surface area contributed by atoms with E-state index < -0.39 is 6.10 Å². The van der Waals surface area contributed by atoms with Gasteiger partial charge in [0, 0.05) is 20.6 Å².